The Hall–Kier alpha value is -1.40. The number of ether oxygens (including phenoxy) is 1. The molecule has 6 nitrogen and oxygen atoms in total. The number of methoxy groups -OCH3 is 1. The van der Waals surface area contributed by atoms with Crippen LogP contribution in [0.3, 0.4) is 0 Å². The van der Waals surface area contributed by atoms with Gasteiger partial charge in [-0.1, -0.05) is 0 Å². The van der Waals surface area contributed by atoms with Crippen LogP contribution in [0.25, 0.3) is 0 Å². The van der Waals surface area contributed by atoms with Crippen LogP contribution in [0.5, 0.6) is 0 Å². The first-order valence-corrected chi connectivity index (χ1v) is 6.43. The first-order chi connectivity index (χ1) is 8.89. The molecule has 0 aliphatic heterocycles. The van der Waals surface area contributed by atoms with Crippen LogP contribution in [0, 0.1) is 6.92 Å². The second-order valence-corrected chi connectivity index (χ2v) is 4.91. The van der Waals surface area contributed by atoms with Crippen LogP contribution in [0.2, 0.25) is 0 Å². The van der Waals surface area contributed by atoms with Gasteiger partial charge in [0.15, 0.2) is 0 Å². The van der Waals surface area contributed by atoms with Gasteiger partial charge < -0.3 is 15.2 Å². The molecule has 1 heterocycles. The highest BCUT2D eigenvalue weighted by atomic mass is 16.5. The van der Waals surface area contributed by atoms with Crippen molar-refractivity contribution in [3.63, 3.8) is 0 Å². The third-order valence-corrected chi connectivity index (χ3v) is 2.91. The topological polar surface area (TPSA) is 76.4 Å². The summed E-state index contributed by atoms with van der Waals surface area (Å²) in [6, 6.07) is 1.74. The Morgan fingerprint density at radius 1 is 1.63 bits per heavy atom. The molecule has 0 fully saturated rings. The van der Waals surface area contributed by atoms with E-state index in [1.165, 1.54) is 0 Å². The van der Waals surface area contributed by atoms with Gasteiger partial charge in [-0.15, -0.1) is 0 Å². The van der Waals surface area contributed by atoms with Crippen molar-refractivity contribution in [3.8, 4) is 0 Å². The van der Waals surface area contributed by atoms with Crippen molar-refractivity contribution >= 4 is 5.91 Å². The lowest BCUT2D eigenvalue weighted by atomic mass is 10.0. The van der Waals surface area contributed by atoms with Crippen LogP contribution >= 0.6 is 0 Å². The number of aromatic nitrogens is 2. The molecule has 0 bridgehead atoms. The van der Waals surface area contributed by atoms with Crippen LogP contribution in [-0.4, -0.2) is 46.7 Å². The van der Waals surface area contributed by atoms with E-state index in [0.29, 0.717) is 25.3 Å². The fourth-order valence-electron chi connectivity index (χ4n) is 1.74. The van der Waals surface area contributed by atoms with Gasteiger partial charge in [0.1, 0.15) is 5.69 Å². The van der Waals surface area contributed by atoms with Gasteiger partial charge in [0.05, 0.1) is 11.3 Å². The molecule has 108 valence electrons. The van der Waals surface area contributed by atoms with E-state index in [0.717, 1.165) is 5.69 Å². The van der Waals surface area contributed by atoms with Gasteiger partial charge in [-0.2, -0.15) is 5.10 Å². The fraction of sp³-hybridized carbons (Fsp3) is 0.692. The molecule has 0 spiro atoms. The quantitative estimate of drug-likeness (QED) is 0.765. The van der Waals surface area contributed by atoms with Crippen molar-refractivity contribution in [2.45, 2.75) is 39.3 Å². The number of aliphatic hydroxyl groups is 1. The Balaban J connectivity index is 2.60. The van der Waals surface area contributed by atoms with Crippen molar-refractivity contribution in [1.29, 1.82) is 0 Å². The minimum Gasteiger partial charge on any atom is -0.388 e. The van der Waals surface area contributed by atoms with E-state index in [1.54, 1.807) is 24.8 Å². The molecule has 0 saturated heterocycles. The molecule has 1 aromatic heterocycles. The van der Waals surface area contributed by atoms with E-state index in [-0.39, 0.29) is 12.5 Å². The monoisotopic (exact) mass is 269 g/mol. The van der Waals surface area contributed by atoms with Crippen LogP contribution in [0.15, 0.2) is 6.07 Å². The summed E-state index contributed by atoms with van der Waals surface area (Å²) in [6.07, 6.45) is 0.468. The van der Waals surface area contributed by atoms with Gasteiger partial charge >= 0.3 is 0 Å². The third-order valence-electron chi connectivity index (χ3n) is 2.91. The number of amides is 1. The van der Waals surface area contributed by atoms with Crippen molar-refractivity contribution in [1.82, 2.24) is 15.1 Å². The minimum absolute atomic E-state index is 0.184. The van der Waals surface area contributed by atoms with E-state index in [2.05, 4.69) is 10.4 Å². The molecule has 1 amide bonds. The molecule has 6 heteroatoms. The summed E-state index contributed by atoms with van der Waals surface area (Å²) in [5.74, 6) is -0.222. The largest absolute Gasteiger partial charge is 0.388 e. The summed E-state index contributed by atoms with van der Waals surface area (Å²) in [4.78, 5) is 12.0. The molecule has 0 saturated carbocycles. The first-order valence-electron chi connectivity index (χ1n) is 6.43. The summed E-state index contributed by atoms with van der Waals surface area (Å²) in [5.41, 5.74) is 0.346. The molecule has 1 atom stereocenters. The van der Waals surface area contributed by atoms with Crippen molar-refractivity contribution < 1.29 is 14.6 Å². The van der Waals surface area contributed by atoms with Gasteiger partial charge in [0, 0.05) is 33.2 Å². The SMILES string of the molecule is CCn1nc(C)cc1C(=O)NCC(C)(O)CCOC. The normalized spacial score (nSPS) is 14.2. The van der Waals surface area contributed by atoms with E-state index >= 15 is 0 Å². The second-order valence-electron chi connectivity index (χ2n) is 4.91. The lowest BCUT2D eigenvalue weighted by Crippen LogP contribution is -2.41. The molecule has 0 aliphatic carbocycles. The van der Waals surface area contributed by atoms with Crippen LogP contribution < -0.4 is 5.32 Å². The number of nitrogens with one attached hydrogen (secondary N) is 1. The highest BCUT2D eigenvalue weighted by molar-refractivity contribution is 5.92. The van der Waals surface area contributed by atoms with Crippen LogP contribution in [-0.2, 0) is 11.3 Å². The third kappa shape index (κ3) is 4.65. The van der Waals surface area contributed by atoms with E-state index in [4.69, 9.17) is 4.74 Å². The Bertz CT molecular complexity index is 427. The minimum atomic E-state index is -0.974. The molecule has 19 heavy (non-hydrogen) atoms. The Labute approximate surface area is 113 Å². The second kappa shape index (κ2) is 6.68. The van der Waals surface area contributed by atoms with E-state index < -0.39 is 5.60 Å². The number of aryl methyl sites for hydroxylation is 2. The van der Waals surface area contributed by atoms with Gasteiger partial charge in [-0.05, 0) is 26.8 Å². The van der Waals surface area contributed by atoms with Crippen molar-refractivity contribution in [2.75, 3.05) is 20.3 Å². The van der Waals surface area contributed by atoms with Gasteiger partial charge in [0.25, 0.3) is 5.91 Å². The molecule has 1 rings (SSSR count). The molecule has 1 unspecified atom stereocenters. The van der Waals surface area contributed by atoms with Crippen molar-refractivity contribution in [2.24, 2.45) is 0 Å². The summed E-state index contributed by atoms with van der Waals surface area (Å²) in [7, 11) is 1.58. The molecule has 2 N–H and O–H groups in total. The Morgan fingerprint density at radius 3 is 2.89 bits per heavy atom. The first kappa shape index (κ1) is 15.7. The maximum atomic E-state index is 12.0. The number of hydrogen-bond donors (Lipinski definition) is 2. The van der Waals surface area contributed by atoms with E-state index in [9.17, 15) is 9.90 Å². The Kier molecular flexibility index (Phi) is 5.50. The lowest BCUT2D eigenvalue weighted by Gasteiger charge is -2.23. The fourth-order valence-corrected chi connectivity index (χ4v) is 1.74. The average molecular weight is 269 g/mol. The predicted molar refractivity (Wildman–Crippen MR) is 72.1 cm³/mol. The molecule has 0 aromatic carbocycles. The highest BCUT2D eigenvalue weighted by Gasteiger charge is 2.22. The summed E-state index contributed by atoms with van der Waals surface area (Å²) >= 11 is 0. The van der Waals surface area contributed by atoms with Gasteiger partial charge in [-0.25, -0.2) is 0 Å². The van der Waals surface area contributed by atoms with Gasteiger partial charge in [0.2, 0.25) is 0 Å². The highest BCUT2D eigenvalue weighted by Crippen LogP contribution is 2.09. The van der Waals surface area contributed by atoms with Crippen LogP contribution in [0.1, 0.15) is 36.5 Å². The number of nitrogens with zero attached hydrogens (tertiary/aromatic N) is 2. The zero-order valence-electron chi connectivity index (χ0n) is 12.1. The maximum Gasteiger partial charge on any atom is 0.269 e. The number of hydrogen-bond acceptors (Lipinski definition) is 4. The number of rotatable bonds is 7. The number of carbonyl (C=O) groups is 1. The van der Waals surface area contributed by atoms with E-state index in [1.807, 2.05) is 13.8 Å². The number of carbonyl (C=O) groups excluding carboxylic acids is 1. The molecule has 0 radical (unpaired) electrons. The molecule has 0 aliphatic rings. The zero-order chi connectivity index (χ0) is 14.5. The van der Waals surface area contributed by atoms with Gasteiger partial charge in [-0.3, -0.25) is 9.48 Å². The summed E-state index contributed by atoms with van der Waals surface area (Å²) in [5, 5.41) is 17.0. The van der Waals surface area contributed by atoms with Crippen LogP contribution in [0.4, 0.5) is 0 Å². The summed E-state index contributed by atoms with van der Waals surface area (Å²) in [6.45, 7) is 6.72. The predicted octanol–water partition coefficient (Wildman–Crippen LogP) is 0.729. The zero-order valence-corrected chi connectivity index (χ0v) is 12.1. The van der Waals surface area contributed by atoms with Crippen molar-refractivity contribution in [3.05, 3.63) is 17.5 Å². The smallest absolute Gasteiger partial charge is 0.269 e. The molecular weight excluding hydrogens is 246 g/mol. The Morgan fingerprint density at radius 2 is 2.32 bits per heavy atom. The maximum absolute atomic E-state index is 12.0. The average Bonchev–Trinajstić information content (AvgIpc) is 2.75. The molecule has 1 aromatic rings. The lowest BCUT2D eigenvalue weighted by molar-refractivity contribution is 0.0242. The summed E-state index contributed by atoms with van der Waals surface area (Å²) < 4.78 is 6.57. The molecular formula is C13H23N3O3. The standard InChI is InChI=1S/C13H23N3O3/c1-5-16-11(8-10(2)15-16)12(17)14-9-13(3,18)6-7-19-4/h8,18H,5-7,9H2,1-4H3,(H,14,17).